The molecule has 0 unspecified atom stereocenters. The summed E-state index contributed by atoms with van der Waals surface area (Å²) in [7, 11) is 0. The molecule has 7 nitrogen and oxygen atoms in total. The molecule has 4 rings (SSSR count). The summed E-state index contributed by atoms with van der Waals surface area (Å²) >= 11 is 0. The van der Waals surface area contributed by atoms with Crippen LogP contribution in [0, 0.1) is 0 Å². The van der Waals surface area contributed by atoms with Crippen molar-refractivity contribution in [3.63, 3.8) is 0 Å². The van der Waals surface area contributed by atoms with Crippen molar-refractivity contribution in [1.29, 1.82) is 0 Å². The molecular formula is C21H24N4O3. The van der Waals surface area contributed by atoms with Gasteiger partial charge in [-0.15, -0.1) is 0 Å². The zero-order chi connectivity index (χ0) is 19.6. The standard InChI is InChI=1S/C21H24N4O3/c1-2-18(26)25-11-9-21(10-12-25,15-6-4-3-5-7-15)20(27)22-19-16-14-28-13-8-17(16)23-24-19/h2-7H,1,8-14H2,(H2,22,23,24,27). The Balaban J connectivity index is 1.61. The van der Waals surface area contributed by atoms with Crippen molar-refractivity contribution in [3.8, 4) is 0 Å². The molecule has 146 valence electrons. The fraction of sp³-hybridized carbons (Fsp3) is 0.381. The number of nitrogens with one attached hydrogen (secondary N) is 2. The number of piperidine rings is 1. The number of H-pyrrole nitrogens is 1. The van der Waals surface area contributed by atoms with E-state index in [0.29, 0.717) is 45.0 Å². The van der Waals surface area contributed by atoms with Gasteiger partial charge in [0.25, 0.3) is 0 Å². The second kappa shape index (κ2) is 7.59. The van der Waals surface area contributed by atoms with E-state index >= 15 is 0 Å². The summed E-state index contributed by atoms with van der Waals surface area (Å²) in [5, 5.41) is 10.3. The Morgan fingerprint density at radius 2 is 2.00 bits per heavy atom. The van der Waals surface area contributed by atoms with Crippen LogP contribution in [0.2, 0.25) is 0 Å². The van der Waals surface area contributed by atoms with Crippen molar-refractivity contribution in [1.82, 2.24) is 15.1 Å². The molecule has 28 heavy (non-hydrogen) atoms. The van der Waals surface area contributed by atoms with Crippen molar-refractivity contribution < 1.29 is 14.3 Å². The van der Waals surface area contributed by atoms with Gasteiger partial charge in [-0.3, -0.25) is 14.7 Å². The molecule has 2 aromatic rings. The third kappa shape index (κ3) is 3.22. The van der Waals surface area contributed by atoms with Gasteiger partial charge < -0.3 is 15.0 Å². The minimum atomic E-state index is -0.708. The van der Waals surface area contributed by atoms with Gasteiger partial charge in [0, 0.05) is 30.8 Å². The number of ether oxygens (including phenoxy) is 1. The fourth-order valence-corrected chi connectivity index (χ4v) is 4.08. The van der Waals surface area contributed by atoms with Crippen LogP contribution in [-0.4, -0.2) is 46.6 Å². The number of aromatic nitrogens is 2. The number of carbonyl (C=O) groups is 2. The third-order valence-corrected chi connectivity index (χ3v) is 5.79. The first-order valence-electron chi connectivity index (χ1n) is 9.56. The van der Waals surface area contributed by atoms with Crippen LogP contribution in [-0.2, 0) is 32.8 Å². The highest BCUT2D eigenvalue weighted by atomic mass is 16.5. The number of nitrogens with zero attached hydrogens (tertiary/aromatic N) is 2. The predicted octanol–water partition coefficient (Wildman–Crippen LogP) is 2.17. The molecule has 3 heterocycles. The van der Waals surface area contributed by atoms with Crippen LogP contribution in [0.4, 0.5) is 5.82 Å². The lowest BCUT2D eigenvalue weighted by molar-refractivity contribution is -0.131. The third-order valence-electron chi connectivity index (χ3n) is 5.79. The van der Waals surface area contributed by atoms with Gasteiger partial charge >= 0.3 is 0 Å². The van der Waals surface area contributed by atoms with Gasteiger partial charge in [-0.2, -0.15) is 5.10 Å². The summed E-state index contributed by atoms with van der Waals surface area (Å²) in [6, 6.07) is 9.78. The summed E-state index contributed by atoms with van der Waals surface area (Å²) < 4.78 is 5.52. The average Bonchev–Trinajstić information content (AvgIpc) is 3.16. The number of amides is 2. The lowest BCUT2D eigenvalue weighted by atomic mass is 9.72. The number of aromatic amines is 1. The quantitative estimate of drug-likeness (QED) is 0.796. The van der Waals surface area contributed by atoms with E-state index in [1.807, 2.05) is 30.3 Å². The molecule has 2 aliphatic rings. The molecule has 2 N–H and O–H groups in total. The van der Waals surface area contributed by atoms with Gasteiger partial charge in [-0.1, -0.05) is 36.9 Å². The maximum atomic E-state index is 13.5. The van der Waals surface area contributed by atoms with Crippen LogP contribution in [0.3, 0.4) is 0 Å². The second-order valence-corrected chi connectivity index (χ2v) is 7.26. The number of anilines is 1. The summed E-state index contributed by atoms with van der Waals surface area (Å²) in [6.45, 7) is 5.68. The number of rotatable bonds is 4. The average molecular weight is 380 g/mol. The molecule has 0 atom stereocenters. The number of hydrogen-bond donors (Lipinski definition) is 2. The molecule has 0 bridgehead atoms. The largest absolute Gasteiger partial charge is 0.376 e. The zero-order valence-electron chi connectivity index (χ0n) is 15.7. The van der Waals surface area contributed by atoms with Gasteiger partial charge in [0.2, 0.25) is 11.8 Å². The van der Waals surface area contributed by atoms with E-state index in [0.717, 1.165) is 23.2 Å². The zero-order valence-corrected chi connectivity index (χ0v) is 15.7. The van der Waals surface area contributed by atoms with E-state index in [2.05, 4.69) is 22.1 Å². The van der Waals surface area contributed by atoms with Gasteiger partial charge in [0.05, 0.1) is 18.6 Å². The lowest BCUT2D eigenvalue weighted by Gasteiger charge is -2.40. The number of fused-ring (bicyclic) bond motifs is 1. The molecule has 1 fully saturated rings. The highest BCUT2D eigenvalue weighted by Gasteiger charge is 2.44. The molecule has 1 aromatic heterocycles. The molecular weight excluding hydrogens is 356 g/mol. The summed E-state index contributed by atoms with van der Waals surface area (Å²) in [5.74, 6) is 0.351. The SMILES string of the molecule is C=CC(=O)N1CCC(C(=O)Nc2n[nH]c3c2COCC3)(c2ccccc2)CC1. The minimum Gasteiger partial charge on any atom is -0.376 e. The van der Waals surface area contributed by atoms with E-state index in [9.17, 15) is 9.59 Å². The Morgan fingerprint density at radius 1 is 1.25 bits per heavy atom. The first-order valence-corrected chi connectivity index (χ1v) is 9.56. The Kier molecular flexibility index (Phi) is 5.00. The van der Waals surface area contributed by atoms with Crippen LogP contribution in [0.1, 0.15) is 29.7 Å². The number of likely N-dealkylation sites (tertiary alicyclic amines) is 1. The first-order chi connectivity index (χ1) is 13.6. The monoisotopic (exact) mass is 380 g/mol. The van der Waals surface area contributed by atoms with Gasteiger partial charge in [0.1, 0.15) is 0 Å². The number of benzene rings is 1. The lowest BCUT2D eigenvalue weighted by Crippen LogP contribution is -2.50. The first kappa shape index (κ1) is 18.4. The molecule has 2 aliphatic heterocycles. The van der Waals surface area contributed by atoms with Crippen LogP contribution >= 0.6 is 0 Å². The molecule has 0 aliphatic carbocycles. The van der Waals surface area contributed by atoms with Gasteiger partial charge in [-0.25, -0.2) is 0 Å². The van der Waals surface area contributed by atoms with Crippen molar-refractivity contribution in [2.45, 2.75) is 31.3 Å². The minimum absolute atomic E-state index is 0.0933. The second-order valence-electron chi connectivity index (χ2n) is 7.26. The van der Waals surface area contributed by atoms with Crippen LogP contribution in [0.5, 0.6) is 0 Å². The Hall–Kier alpha value is -2.93. The van der Waals surface area contributed by atoms with E-state index in [1.54, 1.807) is 4.90 Å². The maximum absolute atomic E-state index is 13.5. The fourth-order valence-electron chi connectivity index (χ4n) is 4.08. The van der Waals surface area contributed by atoms with E-state index < -0.39 is 5.41 Å². The van der Waals surface area contributed by atoms with E-state index in [-0.39, 0.29) is 11.8 Å². The molecule has 0 saturated carbocycles. The van der Waals surface area contributed by atoms with Crippen molar-refractivity contribution in [3.05, 3.63) is 59.8 Å². The topological polar surface area (TPSA) is 87.3 Å². The number of carbonyl (C=O) groups excluding carboxylic acids is 2. The highest BCUT2D eigenvalue weighted by molar-refractivity contribution is 5.99. The van der Waals surface area contributed by atoms with E-state index in [4.69, 9.17) is 4.74 Å². The molecule has 0 spiro atoms. The Bertz CT molecular complexity index is 882. The Labute approximate surface area is 163 Å². The highest BCUT2D eigenvalue weighted by Crippen LogP contribution is 2.37. The Morgan fingerprint density at radius 3 is 2.71 bits per heavy atom. The van der Waals surface area contributed by atoms with Gasteiger partial charge in [0.15, 0.2) is 5.82 Å². The smallest absolute Gasteiger partial charge is 0.245 e. The van der Waals surface area contributed by atoms with E-state index in [1.165, 1.54) is 6.08 Å². The van der Waals surface area contributed by atoms with Crippen LogP contribution in [0.15, 0.2) is 43.0 Å². The molecule has 1 saturated heterocycles. The molecule has 7 heteroatoms. The van der Waals surface area contributed by atoms with Crippen molar-refractivity contribution in [2.24, 2.45) is 0 Å². The molecule has 2 amide bonds. The van der Waals surface area contributed by atoms with Gasteiger partial charge in [-0.05, 0) is 24.5 Å². The van der Waals surface area contributed by atoms with Crippen molar-refractivity contribution in [2.75, 3.05) is 25.0 Å². The molecule has 1 aromatic carbocycles. The van der Waals surface area contributed by atoms with Crippen molar-refractivity contribution >= 4 is 17.6 Å². The predicted molar refractivity (Wildman–Crippen MR) is 105 cm³/mol. The normalized spacial score (nSPS) is 18.2. The summed E-state index contributed by atoms with van der Waals surface area (Å²) in [6.07, 6.45) is 3.18. The summed E-state index contributed by atoms with van der Waals surface area (Å²) in [4.78, 5) is 27.2. The molecule has 0 radical (unpaired) electrons. The summed E-state index contributed by atoms with van der Waals surface area (Å²) in [5.41, 5.74) is 2.18. The number of hydrogen-bond acceptors (Lipinski definition) is 4. The maximum Gasteiger partial charge on any atom is 0.245 e. The van der Waals surface area contributed by atoms with Crippen LogP contribution in [0.25, 0.3) is 0 Å². The van der Waals surface area contributed by atoms with Crippen LogP contribution < -0.4 is 5.32 Å².